The van der Waals surface area contributed by atoms with Crippen LogP contribution in [0.15, 0.2) is 52.2 Å². The molecule has 0 amide bonds. The maximum atomic E-state index is 15.9. The third-order valence-corrected chi connectivity index (χ3v) is 9.85. The van der Waals surface area contributed by atoms with E-state index in [-0.39, 0.29) is 12.7 Å². The predicted molar refractivity (Wildman–Crippen MR) is 128 cm³/mol. The molecule has 10 nitrogen and oxygen atoms in total. The van der Waals surface area contributed by atoms with E-state index in [1.807, 2.05) is 30.3 Å². The number of fused-ring (bicyclic) bond motifs is 1. The van der Waals surface area contributed by atoms with Crippen molar-refractivity contribution in [2.75, 3.05) is 18.1 Å². The second-order valence-corrected chi connectivity index (χ2v) is 12.6. The Balaban J connectivity index is 1.29. The first kappa shape index (κ1) is 25.2. The minimum Gasteiger partial charge on any atom is -0.370 e. The van der Waals surface area contributed by atoms with Gasteiger partial charge in [-0.2, -0.15) is 0 Å². The molecule has 0 radical (unpaired) electrons. The summed E-state index contributed by atoms with van der Waals surface area (Å²) < 4.78 is 58.8. The van der Waals surface area contributed by atoms with Crippen LogP contribution in [-0.2, 0) is 34.2 Å². The Morgan fingerprint density at radius 2 is 1.94 bits per heavy atom. The molecule has 7 atom stereocenters. The van der Waals surface area contributed by atoms with Gasteiger partial charge in [0, 0.05) is 23.8 Å². The van der Waals surface area contributed by atoms with Crippen molar-refractivity contribution in [1.29, 1.82) is 0 Å². The number of halogens is 1. The van der Waals surface area contributed by atoms with Gasteiger partial charge in [-0.1, -0.05) is 51.9 Å². The van der Waals surface area contributed by atoms with Gasteiger partial charge in [-0.05, 0) is 12.5 Å². The van der Waals surface area contributed by atoms with Crippen molar-refractivity contribution < 1.29 is 32.0 Å². The Morgan fingerprint density at radius 3 is 2.69 bits per heavy atom. The fraction of sp³-hybridized carbons (Fsp3) is 0.524. The van der Waals surface area contributed by atoms with Crippen LogP contribution in [0, 0.1) is 0 Å². The van der Waals surface area contributed by atoms with Gasteiger partial charge in [-0.25, -0.2) is 13.8 Å². The van der Waals surface area contributed by atoms with E-state index in [2.05, 4.69) is 4.98 Å². The molecule has 3 aliphatic rings. The molecule has 190 valence electrons. The van der Waals surface area contributed by atoms with Crippen molar-refractivity contribution >= 4 is 29.4 Å². The molecule has 1 aromatic heterocycles. The summed E-state index contributed by atoms with van der Waals surface area (Å²) in [5.41, 5.74) is -2.72. The number of aromatic nitrogens is 2. The predicted octanol–water partition coefficient (Wildman–Crippen LogP) is 3.05. The molecule has 0 spiro atoms. The van der Waals surface area contributed by atoms with Gasteiger partial charge in [-0.3, -0.25) is 27.9 Å². The van der Waals surface area contributed by atoms with E-state index >= 15 is 4.39 Å². The van der Waals surface area contributed by atoms with Crippen LogP contribution in [0.2, 0.25) is 0 Å². The number of phosphoric ester groups is 1. The maximum absolute atomic E-state index is 15.9. The summed E-state index contributed by atoms with van der Waals surface area (Å²) in [5, 5.41) is 0. The standard InChI is InChI=1S/C21H24FN2O8PS2/c1-21(22)18-14(30-19(21)24-8-7-17(25)23-20(24)26)10-29-33(27,32-18)31-16-12-35-34-11-15(16)28-9-13-5-3-2-4-6-13/h2-8,14-16,18-19H,9-12H2,1H3,(H,23,25,26). The fourth-order valence-electron chi connectivity index (χ4n) is 4.15. The van der Waals surface area contributed by atoms with Gasteiger partial charge in [0.25, 0.3) is 5.56 Å². The molecule has 3 saturated heterocycles. The van der Waals surface area contributed by atoms with Crippen molar-refractivity contribution in [2.24, 2.45) is 0 Å². The monoisotopic (exact) mass is 546 g/mol. The number of aromatic amines is 1. The summed E-state index contributed by atoms with van der Waals surface area (Å²) in [6.07, 6.45) is -3.50. The number of alkyl halides is 1. The van der Waals surface area contributed by atoms with Crippen molar-refractivity contribution in [3.63, 3.8) is 0 Å². The summed E-state index contributed by atoms with van der Waals surface area (Å²) in [6.45, 7) is 1.30. The van der Waals surface area contributed by atoms with Crippen molar-refractivity contribution in [1.82, 2.24) is 9.55 Å². The molecule has 1 aromatic carbocycles. The zero-order chi connectivity index (χ0) is 24.6. The molecule has 3 aliphatic heterocycles. The Bertz CT molecular complexity index is 1210. The molecule has 0 saturated carbocycles. The third kappa shape index (κ3) is 5.33. The Labute approximate surface area is 207 Å². The second kappa shape index (κ2) is 10.1. The first-order valence-corrected chi connectivity index (χ1v) is 14.9. The number of phosphoric acid groups is 1. The Morgan fingerprint density at radius 1 is 1.20 bits per heavy atom. The quantitative estimate of drug-likeness (QED) is 0.428. The highest BCUT2D eigenvalue weighted by molar-refractivity contribution is 8.76. The molecule has 2 aromatic rings. The smallest absolute Gasteiger partial charge is 0.370 e. The van der Waals surface area contributed by atoms with Crippen LogP contribution in [0.5, 0.6) is 0 Å². The van der Waals surface area contributed by atoms with Crippen LogP contribution < -0.4 is 11.2 Å². The Kier molecular flexibility index (Phi) is 7.30. The fourth-order valence-corrected chi connectivity index (χ4v) is 8.35. The lowest BCUT2D eigenvalue weighted by Crippen LogP contribution is -2.47. The highest BCUT2D eigenvalue weighted by Gasteiger charge is 2.62. The van der Waals surface area contributed by atoms with Crippen LogP contribution in [0.4, 0.5) is 4.39 Å². The summed E-state index contributed by atoms with van der Waals surface area (Å²) in [4.78, 5) is 25.7. The van der Waals surface area contributed by atoms with Crippen LogP contribution in [0.1, 0.15) is 18.7 Å². The molecular weight excluding hydrogens is 522 g/mol. The zero-order valence-electron chi connectivity index (χ0n) is 18.6. The number of hydrogen-bond donors (Lipinski definition) is 1. The van der Waals surface area contributed by atoms with Crippen molar-refractivity contribution in [3.05, 3.63) is 69.0 Å². The highest BCUT2D eigenvalue weighted by atomic mass is 33.1. The minimum atomic E-state index is -4.17. The largest absolute Gasteiger partial charge is 0.475 e. The molecule has 0 bridgehead atoms. The summed E-state index contributed by atoms with van der Waals surface area (Å²) >= 11 is 0. The molecule has 35 heavy (non-hydrogen) atoms. The molecular formula is C21H24FN2O8PS2. The van der Waals surface area contributed by atoms with Gasteiger partial charge >= 0.3 is 13.5 Å². The van der Waals surface area contributed by atoms with Crippen LogP contribution in [-0.4, -0.2) is 57.7 Å². The Hall–Kier alpha value is -1.44. The average molecular weight is 547 g/mol. The molecule has 4 heterocycles. The summed E-state index contributed by atoms with van der Waals surface area (Å²) in [5.74, 6) is 1.09. The number of nitrogens with zero attached hydrogens (tertiary/aromatic N) is 1. The molecule has 5 rings (SSSR count). The number of benzene rings is 1. The van der Waals surface area contributed by atoms with Crippen LogP contribution in [0.25, 0.3) is 0 Å². The van der Waals surface area contributed by atoms with E-state index in [1.165, 1.54) is 6.92 Å². The molecule has 0 aliphatic carbocycles. The van der Waals surface area contributed by atoms with Gasteiger partial charge in [-0.15, -0.1) is 0 Å². The van der Waals surface area contributed by atoms with E-state index in [0.717, 1.165) is 22.4 Å². The highest BCUT2D eigenvalue weighted by Crippen LogP contribution is 2.60. The lowest BCUT2D eigenvalue weighted by Gasteiger charge is -2.37. The first-order valence-electron chi connectivity index (χ1n) is 10.9. The lowest BCUT2D eigenvalue weighted by atomic mass is 9.98. The van der Waals surface area contributed by atoms with E-state index in [9.17, 15) is 14.2 Å². The molecule has 3 fully saturated rings. The SMILES string of the molecule is CC1(F)C2OP(=O)(OC3CSSCC3OCc3ccccc3)OCC2OC1n1ccc(=O)[nH]c1=O. The van der Waals surface area contributed by atoms with E-state index in [1.54, 1.807) is 21.6 Å². The van der Waals surface area contributed by atoms with E-state index in [4.69, 9.17) is 23.0 Å². The van der Waals surface area contributed by atoms with Crippen LogP contribution >= 0.6 is 29.4 Å². The van der Waals surface area contributed by atoms with Crippen LogP contribution in [0.3, 0.4) is 0 Å². The normalized spacial score (nSPS) is 37.1. The van der Waals surface area contributed by atoms with Crippen molar-refractivity contribution in [2.45, 2.75) is 49.8 Å². The summed E-state index contributed by atoms with van der Waals surface area (Å²) in [7, 11) is -1.00. The van der Waals surface area contributed by atoms with Gasteiger partial charge in [0.2, 0.25) is 0 Å². The number of hydrogen-bond acceptors (Lipinski definition) is 10. The molecule has 1 N–H and O–H groups in total. The average Bonchev–Trinajstić information content (AvgIpc) is 3.08. The number of rotatable bonds is 6. The van der Waals surface area contributed by atoms with Gasteiger partial charge in [0.15, 0.2) is 11.9 Å². The van der Waals surface area contributed by atoms with Gasteiger partial charge in [0.05, 0.1) is 19.3 Å². The number of H-pyrrole nitrogens is 1. The van der Waals surface area contributed by atoms with Gasteiger partial charge < -0.3 is 9.47 Å². The first-order chi connectivity index (χ1) is 16.7. The minimum absolute atomic E-state index is 0.250. The maximum Gasteiger partial charge on any atom is 0.475 e. The second-order valence-electron chi connectivity index (χ2n) is 8.51. The van der Waals surface area contributed by atoms with Crippen molar-refractivity contribution in [3.8, 4) is 0 Å². The van der Waals surface area contributed by atoms with Gasteiger partial charge in [0.1, 0.15) is 18.3 Å². The number of ether oxygens (including phenoxy) is 2. The topological polar surface area (TPSA) is 118 Å². The third-order valence-electron chi connectivity index (χ3n) is 5.96. The summed E-state index contributed by atoms with van der Waals surface area (Å²) in [6, 6.07) is 10.7. The molecule has 7 unspecified atom stereocenters. The lowest BCUT2D eigenvalue weighted by molar-refractivity contribution is -0.0864. The van der Waals surface area contributed by atoms with E-state index < -0.39 is 49.3 Å². The molecule has 14 heteroatoms. The zero-order valence-corrected chi connectivity index (χ0v) is 21.1. The van der Waals surface area contributed by atoms with E-state index in [0.29, 0.717) is 18.1 Å². The number of nitrogens with one attached hydrogen (secondary N) is 1.